The maximum atomic E-state index is 13.0. The Morgan fingerprint density at radius 2 is 1.83 bits per heavy atom. The van der Waals surface area contributed by atoms with Crippen LogP contribution in [-0.2, 0) is 21.2 Å². The molecule has 0 aliphatic heterocycles. The highest BCUT2D eigenvalue weighted by atomic mass is 32.2. The van der Waals surface area contributed by atoms with E-state index >= 15 is 0 Å². The Kier molecular flexibility index (Phi) is 7.01. The Hall–Kier alpha value is -2.27. The van der Waals surface area contributed by atoms with Crippen LogP contribution in [0.15, 0.2) is 63.1 Å². The quantitative estimate of drug-likeness (QED) is 0.513. The summed E-state index contributed by atoms with van der Waals surface area (Å²) in [5.41, 5.74) is 2.47. The van der Waals surface area contributed by atoms with E-state index in [1.807, 2.05) is 5.38 Å². The number of hydrogen-bond donors (Lipinski definition) is 2. The molecular formula is C19H18FN3O3S3. The molecule has 3 aromatic rings. The molecule has 0 bridgehead atoms. The van der Waals surface area contributed by atoms with Gasteiger partial charge in [-0.3, -0.25) is 4.79 Å². The van der Waals surface area contributed by atoms with Crippen LogP contribution >= 0.6 is 23.1 Å². The number of nitrogens with one attached hydrogen (secondary N) is 1. The second kappa shape index (κ2) is 9.49. The number of benzene rings is 2. The molecule has 0 saturated carbocycles. The molecule has 0 saturated heterocycles. The average Bonchev–Trinajstić information content (AvgIpc) is 3.16. The predicted octanol–water partition coefficient (Wildman–Crippen LogP) is 3.05. The third kappa shape index (κ3) is 6.36. The van der Waals surface area contributed by atoms with Crippen molar-refractivity contribution in [1.82, 2.24) is 10.3 Å². The molecule has 29 heavy (non-hydrogen) atoms. The van der Waals surface area contributed by atoms with Gasteiger partial charge in [0, 0.05) is 17.5 Å². The number of nitrogens with zero attached hydrogens (tertiary/aromatic N) is 1. The summed E-state index contributed by atoms with van der Waals surface area (Å²) in [5, 5.41) is 9.76. The van der Waals surface area contributed by atoms with Gasteiger partial charge in [-0.25, -0.2) is 22.9 Å². The monoisotopic (exact) mass is 451 g/mol. The Morgan fingerprint density at radius 1 is 1.14 bits per heavy atom. The van der Waals surface area contributed by atoms with Crippen LogP contribution in [0.2, 0.25) is 0 Å². The van der Waals surface area contributed by atoms with Crippen LogP contribution in [0.4, 0.5) is 4.39 Å². The molecule has 1 heterocycles. The number of amides is 1. The Labute approximate surface area is 176 Å². The topological polar surface area (TPSA) is 102 Å². The molecule has 3 rings (SSSR count). The van der Waals surface area contributed by atoms with Crippen LogP contribution in [0.1, 0.15) is 5.56 Å². The van der Waals surface area contributed by atoms with Crippen molar-refractivity contribution >= 4 is 39.0 Å². The summed E-state index contributed by atoms with van der Waals surface area (Å²) >= 11 is 2.77. The minimum absolute atomic E-state index is 0.0603. The number of halogens is 1. The predicted molar refractivity (Wildman–Crippen MR) is 113 cm³/mol. The van der Waals surface area contributed by atoms with Crippen molar-refractivity contribution in [2.24, 2.45) is 5.14 Å². The first kappa shape index (κ1) is 21.4. The zero-order valence-corrected chi connectivity index (χ0v) is 17.6. The van der Waals surface area contributed by atoms with Gasteiger partial charge in [0.2, 0.25) is 15.9 Å². The standard InChI is InChI=1S/C19H18FN3O3S3/c20-15-5-3-14(4-6-15)17-11-27-19(23-17)28-12-18(24)22-10-9-13-1-7-16(8-2-13)29(21,25)26/h1-8,11H,9-10,12H2,(H,22,24)(H2,21,25,26). The van der Waals surface area contributed by atoms with Gasteiger partial charge in [0.25, 0.3) is 0 Å². The average molecular weight is 452 g/mol. The molecule has 152 valence electrons. The second-order valence-corrected chi connectivity index (χ2v) is 9.73. The van der Waals surface area contributed by atoms with E-state index in [-0.39, 0.29) is 22.4 Å². The largest absolute Gasteiger partial charge is 0.355 e. The first-order chi connectivity index (χ1) is 13.8. The van der Waals surface area contributed by atoms with Gasteiger partial charge in [-0.1, -0.05) is 23.9 Å². The van der Waals surface area contributed by atoms with Crippen LogP contribution in [-0.4, -0.2) is 31.6 Å². The zero-order valence-electron chi connectivity index (χ0n) is 15.2. The van der Waals surface area contributed by atoms with Gasteiger partial charge in [-0.2, -0.15) is 0 Å². The number of carbonyl (C=O) groups is 1. The van der Waals surface area contributed by atoms with E-state index in [9.17, 15) is 17.6 Å². The van der Waals surface area contributed by atoms with E-state index in [0.29, 0.717) is 13.0 Å². The molecule has 3 N–H and O–H groups in total. The highest BCUT2D eigenvalue weighted by Crippen LogP contribution is 2.28. The SMILES string of the molecule is NS(=O)(=O)c1ccc(CCNC(=O)CSc2nc(-c3ccc(F)cc3)cs2)cc1. The maximum absolute atomic E-state index is 13.0. The van der Waals surface area contributed by atoms with Crippen LogP contribution in [0, 0.1) is 5.82 Å². The van der Waals surface area contributed by atoms with Crippen molar-refractivity contribution in [2.75, 3.05) is 12.3 Å². The normalized spacial score (nSPS) is 11.4. The summed E-state index contributed by atoms with van der Waals surface area (Å²) in [5.74, 6) is -0.175. The van der Waals surface area contributed by atoms with Gasteiger partial charge in [0.05, 0.1) is 16.3 Å². The number of aromatic nitrogens is 1. The van der Waals surface area contributed by atoms with Gasteiger partial charge >= 0.3 is 0 Å². The van der Waals surface area contributed by atoms with Crippen molar-refractivity contribution < 1.29 is 17.6 Å². The molecule has 0 aliphatic carbocycles. The lowest BCUT2D eigenvalue weighted by atomic mass is 10.1. The van der Waals surface area contributed by atoms with Crippen LogP contribution in [0.5, 0.6) is 0 Å². The van der Waals surface area contributed by atoms with Gasteiger partial charge in [0.15, 0.2) is 4.34 Å². The molecule has 6 nitrogen and oxygen atoms in total. The number of sulfonamides is 1. The van der Waals surface area contributed by atoms with E-state index in [4.69, 9.17) is 5.14 Å². The lowest BCUT2D eigenvalue weighted by Crippen LogP contribution is -2.27. The number of rotatable bonds is 8. The van der Waals surface area contributed by atoms with Gasteiger partial charge in [-0.15, -0.1) is 11.3 Å². The fourth-order valence-corrected chi connectivity index (χ4v) is 4.63. The highest BCUT2D eigenvalue weighted by molar-refractivity contribution is 8.01. The van der Waals surface area contributed by atoms with Crippen LogP contribution < -0.4 is 10.5 Å². The van der Waals surface area contributed by atoms with Gasteiger partial charge < -0.3 is 5.32 Å². The summed E-state index contributed by atoms with van der Waals surface area (Å²) < 4.78 is 36.2. The second-order valence-electron chi connectivity index (χ2n) is 6.08. The van der Waals surface area contributed by atoms with Crippen molar-refractivity contribution in [3.63, 3.8) is 0 Å². The number of hydrogen-bond acceptors (Lipinski definition) is 6. The molecule has 0 fully saturated rings. The summed E-state index contributed by atoms with van der Waals surface area (Å²) in [6.45, 7) is 0.437. The number of thiazole rings is 1. The Bertz CT molecular complexity index is 1080. The first-order valence-corrected chi connectivity index (χ1v) is 11.9. The summed E-state index contributed by atoms with van der Waals surface area (Å²) in [4.78, 5) is 16.5. The van der Waals surface area contributed by atoms with Gasteiger partial charge in [0.1, 0.15) is 5.82 Å². The molecule has 1 amide bonds. The Balaban J connectivity index is 1.43. The lowest BCUT2D eigenvalue weighted by molar-refractivity contribution is -0.118. The molecule has 0 atom stereocenters. The van der Waals surface area contributed by atoms with Crippen LogP contribution in [0.3, 0.4) is 0 Å². The summed E-state index contributed by atoms with van der Waals surface area (Å²) in [7, 11) is -3.70. The number of nitrogens with two attached hydrogens (primary N) is 1. The molecule has 0 radical (unpaired) electrons. The molecule has 2 aromatic carbocycles. The smallest absolute Gasteiger partial charge is 0.238 e. The number of primary sulfonamides is 1. The van der Waals surface area contributed by atoms with Crippen molar-refractivity contribution in [1.29, 1.82) is 0 Å². The van der Waals surface area contributed by atoms with E-state index in [1.165, 1.54) is 47.4 Å². The van der Waals surface area contributed by atoms with Crippen molar-refractivity contribution in [3.05, 3.63) is 65.3 Å². The maximum Gasteiger partial charge on any atom is 0.238 e. The Morgan fingerprint density at radius 3 is 2.48 bits per heavy atom. The molecule has 10 heteroatoms. The molecule has 0 aliphatic rings. The minimum Gasteiger partial charge on any atom is -0.355 e. The molecule has 1 aromatic heterocycles. The summed E-state index contributed by atoms with van der Waals surface area (Å²) in [6.07, 6.45) is 0.577. The first-order valence-electron chi connectivity index (χ1n) is 8.54. The molecule has 0 unspecified atom stereocenters. The van der Waals surface area contributed by atoms with E-state index in [0.717, 1.165) is 21.2 Å². The van der Waals surface area contributed by atoms with E-state index < -0.39 is 10.0 Å². The lowest BCUT2D eigenvalue weighted by Gasteiger charge is -2.05. The molecule has 0 spiro atoms. The minimum atomic E-state index is -3.70. The van der Waals surface area contributed by atoms with Crippen molar-refractivity contribution in [3.8, 4) is 11.3 Å². The molecular weight excluding hydrogens is 433 g/mol. The number of carbonyl (C=O) groups excluding carboxylic acids is 1. The third-order valence-electron chi connectivity index (χ3n) is 3.94. The summed E-state index contributed by atoms with van der Waals surface area (Å²) in [6, 6.07) is 12.4. The van der Waals surface area contributed by atoms with Crippen LogP contribution in [0.25, 0.3) is 11.3 Å². The third-order valence-corrected chi connectivity index (χ3v) is 6.89. The highest BCUT2D eigenvalue weighted by Gasteiger charge is 2.09. The van der Waals surface area contributed by atoms with E-state index in [2.05, 4.69) is 10.3 Å². The van der Waals surface area contributed by atoms with Gasteiger partial charge in [-0.05, 0) is 48.4 Å². The fraction of sp³-hybridized carbons (Fsp3) is 0.158. The van der Waals surface area contributed by atoms with Crippen molar-refractivity contribution in [2.45, 2.75) is 15.7 Å². The zero-order chi connectivity index (χ0) is 20.9. The fourth-order valence-electron chi connectivity index (χ4n) is 2.45. The number of thioether (sulfide) groups is 1. The van der Waals surface area contributed by atoms with E-state index in [1.54, 1.807) is 24.3 Å².